The molecule has 1 rings (SSSR count). The fourth-order valence-corrected chi connectivity index (χ4v) is 3.34. The van der Waals surface area contributed by atoms with E-state index < -0.39 is 8.32 Å². The Labute approximate surface area is 108 Å². The summed E-state index contributed by atoms with van der Waals surface area (Å²) < 4.78 is 6.29. The van der Waals surface area contributed by atoms with Crippen molar-refractivity contribution >= 4 is 8.32 Å². The molecule has 1 aliphatic carbocycles. The summed E-state index contributed by atoms with van der Waals surface area (Å²) in [6.07, 6.45) is 5.01. The van der Waals surface area contributed by atoms with Gasteiger partial charge >= 0.3 is 0 Å². The SMILES string of the molecule is CC(C)(C)[Si](C)(C)OC[C@@H]1CCCC[C@H]1CO. The van der Waals surface area contributed by atoms with Gasteiger partial charge in [0.25, 0.3) is 0 Å². The van der Waals surface area contributed by atoms with E-state index in [1.807, 2.05) is 0 Å². The molecule has 102 valence electrons. The maximum Gasteiger partial charge on any atom is 0.191 e. The van der Waals surface area contributed by atoms with Crippen LogP contribution in [0.3, 0.4) is 0 Å². The smallest absolute Gasteiger partial charge is 0.191 e. The first kappa shape index (κ1) is 15.2. The lowest BCUT2D eigenvalue weighted by Gasteiger charge is -2.39. The van der Waals surface area contributed by atoms with Gasteiger partial charge in [0.05, 0.1) is 0 Å². The van der Waals surface area contributed by atoms with E-state index in [9.17, 15) is 5.11 Å². The van der Waals surface area contributed by atoms with E-state index in [-0.39, 0.29) is 5.04 Å². The molecule has 17 heavy (non-hydrogen) atoms. The van der Waals surface area contributed by atoms with Crippen LogP contribution in [-0.4, -0.2) is 26.6 Å². The summed E-state index contributed by atoms with van der Waals surface area (Å²) in [5.41, 5.74) is 0. The molecule has 0 heterocycles. The summed E-state index contributed by atoms with van der Waals surface area (Å²) >= 11 is 0. The first-order valence-electron chi connectivity index (χ1n) is 7.03. The van der Waals surface area contributed by atoms with Crippen LogP contribution in [0, 0.1) is 11.8 Å². The molecule has 1 N–H and O–H groups in total. The zero-order chi connectivity index (χ0) is 13.1. The summed E-state index contributed by atoms with van der Waals surface area (Å²) in [6, 6.07) is 0. The molecule has 2 atom stereocenters. The molecule has 0 radical (unpaired) electrons. The summed E-state index contributed by atoms with van der Waals surface area (Å²) in [5, 5.41) is 9.69. The molecule has 0 aliphatic heterocycles. The lowest BCUT2D eigenvalue weighted by Crippen LogP contribution is -2.43. The summed E-state index contributed by atoms with van der Waals surface area (Å²) in [5.74, 6) is 1.07. The minimum Gasteiger partial charge on any atom is -0.417 e. The third-order valence-corrected chi connectivity index (χ3v) is 9.27. The van der Waals surface area contributed by atoms with Crippen molar-refractivity contribution in [3.8, 4) is 0 Å². The van der Waals surface area contributed by atoms with E-state index in [0.29, 0.717) is 18.4 Å². The van der Waals surface area contributed by atoms with Gasteiger partial charge in [-0.25, -0.2) is 0 Å². The van der Waals surface area contributed by atoms with Crippen molar-refractivity contribution in [2.24, 2.45) is 11.8 Å². The van der Waals surface area contributed by atoms with Gasteiger partial charge < -0.3 is 9.53 Å². The molecular formula is C14H30O2Si. The predicted octanol–water partition coefficient (Wildman–Crippen LogP) is 3.81. The van der Waals surface area contributed by atoms with Crippen LogP contribution in [-0.2, 0) is 4.43 Å². The molecule has 1 aliphatic rings. The fourth-order valence-electron chi connectivity index (χ4n) is 2.28. The fraction of sp³-hybridized carbons (Fsp3) is 1.00. The Morgan fingerprint density at radius 1 is 1.12 bits per heavy atom. The number of hydrogen-bond acceptors (Lipinski definition) is 2. The second-order valence-corrected chi connectivity index (χ2v) is 11.9. The highest BCUT2D eigenvalue weighted by Crippen LogP contribution is 2.38. The van der Waals surface area contributed by atoms with E-state index in [2.05, 4.69) is 33.9 Å². The van der Waals surface area contributed by atoms with Crippen LogP contribution in [0.4, 0.5) is 0 Å². The number of aliphatic hydroxyl groups excluding tert-OH is 1. The lowest BCUT2D eigenvalue weighted by atomic mass is 9.80. The van der Waals surface area contributed by atoms with Gasteiger partial charge in [0, 0.05) is 13.2 Å². The van der Waals surface area contributed by atoms with Gasteiger partial charge in [-0.15, -0.1) is 0 Å². The van der Waals surface area contributed by atoms with Crippen LogP contribution in [0.1, 0.15) is 46.5 Å². The predicted molar refractivity (Wildman–Crippen MR) is 75.7 cm³/mol. The standard InChI is InChI=1S/C14H30O2Si/c1-14(2,3)17(4,5)16-11-13-9-7-6-8-12(13)10-15/h12-13,15H,6-11H2,1-5H3/t12-,13-/m0/s1. The molecular weight excluding hydrogens is 228 g/mol. The minimum absolute atomic E-state index is 0.288. The van der Waals surface area contributed by atoms with Gasteiger partial charge in [-0.2, -0.15) is 0 Å². The van der Waals surface area contributed by atoms with Crippen LogP contribution < -0.4 is 0 Å². The van der Waals surface area contributed by atoms with E-state index in [1.165, 1.54) is 25.7 Å². The van der Waals surface area contributed by atoms with Gasteiger partial charge in [0.15, 0.2) is 8.32 Å². The largest absolute Gasteiger partial charge is 0.417 e. The Bertz CT molecular complexity index is 233. The molecule has 0 aromatic carbocycles. The maximum absolute atomic E-state index is 9.41. The molecule has 0 aromatic rings. The monoisotopic (exact) mass is 258 g/mol. The van der Waals surface area contributed by atoms with Gasteiger partial charge in [-0.05, 0) is 42.8 Å². The molecule has 0 aromatic heterocycles. The Kier molecular flexibility index (Phi) is 5.23. The Balaban J connectivity index is 2.49. The van der Waals surface area contributed by atoms with Crippen LogP contribution in [0.25, 0.3) is 0 Å². The Morgan fingerprint density at radius 2 is 1.65 bits per heavy atom. The van der Waals surface area contributed by atoms with Crippen molar-refractivity contribution in [3.63, 3.8) is 0 Å². The van der Waals surface area contributed by atoms with Gasteiger partial charge in [-0.3, -0.25) is 0 Å². The number of hydrogen-bond donors (Lipinski definition) is 1. The Hall–Kier alpha value is 0.137. The number of rotatable bonds is 4. The van der Waals surface area contributed by atoms with E-state index in [0.717, 1.165) is 6.61 Å². The third-order valence-electron chi connectivity index (χ3n) is 4.77. The molecule has 2 nitrogen and oxygen atoms in total. The van der Waals surface area contributed by atoms with E-state index in [1.54, 1.807) is 0 Å². The number of aliphatic hydroxyl groups is 1. The molecule has 0 amide bonds. The van der Waals surface area contributed by atoms with Gasteiger partial charge in [0.1, 0.15) is 0 Å². The highest BCUT2D eigenvalue weighted by atomic mass is 28.4. The van der Waals surface area contributed by atoms with Crippen molar-refractivity contribution < 1.29 is 9.53 Å². The first-order chi connectivity index (χ1) is 7.78. The van der Waals surface area contributed by atoms with Crippen LogP contribution >= 0.6 is 0 Å². The lowest BCUT2D eigenvalue weighted by molar-refractivity contribution is 0.0904. The normalized spacial score (nSPS) is 27.2. The maximum atomic E-state index is 9.41. The third kappa shape index (κ3) is 4.07. The van der Waals surface area contributed by atoms with Crippen LogP contribution in [0.15, 0.2) is 0 Å². The topological polar surface area (TPSA) is 29.5 Å². The van der Waals surface area contributed by atoms with Crippen molar-refractivity contribution in [2.75, 3.05) is 13.2 Å². The zero-order valence-corrected chi connectivity index (χ0v) is 13.3. The molecule has 0 bridgehead atoms. The van der Waals surface area contributed by atoms with Crippen LogP contribution in [0.5, 0.6) is 0 Å². The molecule has 0 saturated heterocycles. The second-order valence-electron chi connectivity index (χ2n) is 7.06. The van der Waals surface area contributed by atoms with Crippen molar-refractivity contribution in [2.45, 2.75) is 64.6 Å². The molecule has 3 heteroatoms. The van der Waals surface area contributed by atoms with Gasteiger partial charge in [-0.1, -0.05) is 33.6 Å². The zero-order valence-electron chi connectivity index (χ0n) is 12.3. The summed E-state index contributed by atoms with van der Waals surface area (Å²) in [6.45, 7) is 12.7. The second kappa shape index (κ2) is 5.85. The molecule has 0 spiro atoms. The van der Waals surface area contributed by atoms with Crippen molar-refractivity contribution in [1.29, 1.82) is 0 Å². The minimum atomic E-state index is -1.61. The average Bonchev–Trinajstić information content (AvgIpc) is 2.25. The van der Waals surface area contributed by atoms with E-state index >= 15 is 0 Å². The van der Waals surface area contributed by atoms with Crippen molar-refractivity contribution in [1.82, 2.24) is 0 Å². The average molecular weight is 258 g/mol. The quantitative estimate of drug-likeness (QED) is 0.777. The molecule has 1 fully saturated rings. The van der Waals surface area contributed by atoms with Gasteiger partial charge in [0.2, 0.25) is 0 Å². The highest BCUT2D eigenvalue weighted by molar-refractivity contribution is 6.74. The summed E-state index contributed by atoms with van der Waals surface area (Å²) in [4.78, 5) is 0. The molecule has 1 saturated carbocycles. The van der Waals surface area contributed by atoms with E-state index in [4.69, 9.17) is 4.43 Å². The van der Waals surface area contributed by atoms with Crippen LogP contribution in [0.2, 0.25) is 18.1 Å². The molecule has 0 unspecified atom stereocenters. The van der Waals surface area contributed by atoms with Crippen molar-refractivity contribution in [3.05, 3.63) is 0 Å². The first-order valence-corrected chi connectivity index (χ1v) is 9.93. The Morgan fingerprint density at radius 3 is 2.12 bits per heavy atom. The summed E-state index contributed by atoms with van der Waals surface area (Å²) in [7, 11) is -1.61. The highest BCUT2D eigenvalue weighted by Gasteiger charge is 2.38.